The average molecular weight is 420 g/mol. The van der Waals surface area contributed by atoms with E-state index in [4.69, 9.17) is 0 Å². The van der Waals surface area contributed by atoms with Gasteiger partial charge >= 0.3 is 6.03 Å². The zero-order chi connectivity index (χ0) is 21.1. The molecule has 0 radical (unpaired) electrons. The van der Waals surface area contributed by atoms with Crippen LogP contribution >= 0.6 is 11.3 Å². The van der Waals surface area contributed by atoms with Crippen LogP contribution in [0.4, 0.5) is 10.5 Å². The Labute approximate surface area is 180 Å². The van der Waals surface area contributed by atoms with Crippen LogP contribution in [0.1, 0.15) is 52.2 Å². The van der Waals surface area contributed by atoms with Gasteiger partial charge in [0.1, 0.15) is 0 Å². The summed E-state index contributed by atoms with van der Waals surface area (Å²) in [5.41, 5.74) is 3.69. The molecule has 1 aliphatic rings. The number of amides is 3. The Bertz CT molecular complexity index is 1010. The molecule has 1 aliphatic heterocycles. The SMILES string of the molecule is CC(C)c1ccc(C(NC(=O)c2ccc(N3CCNC3=O)cc2)c2cccs2)cc1. The Balaban J connectivity index is 1.54. The van der Waals surface area contributed by atoms with Crippen molar-refractivity contribution in [3.63, 3.8) is 0 Å². The summed E-state index contributed by atoms with van der Waals surface area (Å²) in [5.74, 6) is 0.323. The third-order valence-electron chi connectivity index (χ3n) is 5.34. The van der Waals surface area contributed by atoms with Gasteiger partial charge in [0.2, 0.25) is 0 Å². The number of carbonyl (C=O) groups excluding carboxylic acids is 2. The highest BCUT2D eigenvalue weighted by molar-refractivity contribution is 7.10. The third-order valence-corrected chi connectivity index (χ3v) is 6.27. The fourth-order valence-electron chi connectivity index (χ4n) is 3.57. The lowest BCUT2D eigenvalue weighted by molar-refractivity contribution is 0.0943. The first-order valence-electron chi connectivity index (χ1n) is 10.1. The summed E-state index contributed by atoms with van der Waals surface area (Å²) >= 11 is 1.63. The molecule has 6 heteroatoms. The highest BCUT2D eigenvalue weighted by atomic mass is 32.1. The van der Waals surface area contributed by atoms with Crippen molar-refractivity contribution in [2.75, 3.05) is 18.0 Å². The van der Waals surface area contributed by atoms with E-state index in [-0.39, 0.29) is 18.0 Å². The Morgan fingerprint density at radius 2 is 1.73 bits per heavy atom. The van der Waals surface area contributed by atoms with Crippen LogP contribution in [0.5, 0.6) is 0 Å². The lowest BCUT2D eigenvalue weighted by Crippen LogP contribution is -2.29. The van der Waals surface area contributed by atoms with E-state index >= 15 is 0 Å². The molecule has 2 heterocycles. The zero-order valence-electron chi connectivity index (χ0n) is 17.1. The van der Waals surface area contributed by atoms with Gasteiger partial charge in [-0.05, 0) is 52.8 Å². The Kier molecular flexibility index (Phi) is 5.86. The lowest BCUT2D eigenvalue weighted by Gasteiger charge is -2.19. The van der Waals surface area contributed by atoms with Crippen molar-refractivity contribution in [2.45, 2.75) is 25.8 Å². The molecular formula is C24H25N3O2S. The van der Waals surface area contributed by atoms with Crippen molar-refractivity contribution in [3.8, 4) is 0 Å². The smallest absolute Gasteiger partial charge is 0.321 e. The van der Waals surface area contributed by atoms with Gasteiger partial charge in [-0.1, -0.05) is 44.2 Å². The largest absolute Gasteiger partial charge is 0.340 e. The standard InChI is InChI=1S/C24H25N3O2S/c1-16(2)17-5-7-18(8-6-17)22(21-4-3-15-30-21)26-23(28)19-9-11-20(12-10-19)27-14-13-25-24(27)29/h3-12,15-16,22H,13-14H2,1-2H3,(H,25,29)(H,26,28). The average Bonchev–Trinajstić information content (AvgIpc) is 3.44. The summed E-state index contributed by atoms with van der Waals surface area (Å²) in [7, 11) is 0. The van der Waals surface area contributed by atoms with E-state index in [0.717, 1.165) is 16.1 Å². The molecular weight excluding hydrogens is 394 g/mol. The second-order valence-electron chi connectivity index (χ2n) is 7.67. The van der Waals surface area contributed by atoms with Gasteiger partial charge in [0.15, 0.2) is 0 Å². The summed E-state index contributed by atoms with van der Waals surface area (Å²) < 4.78 is 0. The maximum absolute atomic E-state index is 13.0. The van der Waals surface area contributed by atoms with E-state index in [2.05, 4.69) is 48.7 Å². The second kappa shape index (κ2) is 8.71. The summed E-state index contributed by atoms with van der Waals surface area (Å²) in [6, 6.07) is 19.3. The van der Waals surface area contributed by atoms with Crippen LogP contribution in [-0.4, -0.2) is 25.0 Å². The molecule has 1 atom stereocenters. The topological polar surface area (TPSA) is 61.4 Å². The van der Waals surface area contributed by atoms with Crippen LogP contribution in [0.3, 0.4) is 0 Å². The molecule has 1 fully saturated rings. The Morgan fingerprint density at radius 3 is 2.30 bits per heavy atom. The van der Waals surface area contributed by atoms with Gasteiger partial charge in [-0.15, -0.1) is 11.3 Å². The van der Waals surface area contributed by atoms with Crippen LogP contribution in [-0.2, 0) is 0 Å². The van der Waals surface area contributed by atoms with Crippen molar-refractivity contribution in [2.24, 2.45) is 0 Å². The summed E-state index contributed by atoms with van der Waals surface area (Å²) in [6.45, 7) is 5.61. The Morgan fingerprint density at radius 1 is 1.03 bits per heavy atom. The minimum absolute atomic E-state index is 0.102. The van der Waals surface area contributed by atoms with Crippen LogP contribution in [0.25, 0.3) is 0 Å². The lowest BCUT2D eigenvalue weighted by atomic mass is 9.98. The zero-order valence-corrected chi connectivity index (χ0v) is 17.9. The second-order valence-corrected chi connectivity index (χ2v) is 8.65. The molecule has 2 N–H and O–H groups in total. The minimum atomic E-state index is -0.206. The summed E-state index contributed by atoms with van der Waals surface area (Å²) in [5, 5.41) is 7.98. The Hall–Kier alpha value is -3.12. The fraction of sp³-hybridized carbons (Fsp3) is 0.250. The van der Waals surface area contributed by atoms with Crippen LogP contribution < -0.4 is 15.5 Å². The van der Waals surface area contributed by atoms with E-state index in [1.807, 2.05) is 29.6 Å². The molecule has 0 bridgehead atoms. The number of nitrogens with zero attached hydrogens (tertiary/aromatic N) is 1. The van der Waals surface area contributed by atoms with E-state index in [1.165, 1.54) is 5.56 Å². The van der Waals surface area contributed by atoms with Gasteiger partial charge in [-0.25, -0.2) is 4.79 Å². The molecule has 30 heavy (non-hydrogen) atoms. The molecule has 4 rings (SSSR count). The van der Waals surface area contributed by atoms with Gasteiger partial charge in [-0.3, -0.25) is 9.69 Å². The third kappa shape index (κ3) is 4.24. The number of nitrogens with one attached hydrogen (secondary N) is 2. The molecule has 0 aliphatic carbocycles. The fourth-order valence-corrected chi connectivity index (χ4v) is 4.38. The van der Waals surface area contributed by atoms with Gasteiger partial charge in [0.25, 0.3) is 5.91 Å². The predicted molar refractivity (Wildman–Crippen MR) is 121 cm³/mol. The van der Waals surface area contributed by atoms with Gasteiger partial charge in [0.05, 0.1) is 6.04 Å². The van der Waals surface area contributed by atoms with Crippen LogP contribution in [0, 0.1) is 0 Å². The first-order chi connectivity index (χ1) is 14.5. The predicted octanol–water partition coefficient (Wildman–Crippen LogP) is 4.92. The first-order valence-corrected chi connectivity index (χ1v) is 11.0. The maximum Gasteiger partial charge on any atom is 0.321 e. The van der Waals surface area contributed by atoms with Crippen molar-refractivity contribution in [1.29, 1.82) is 0 Å². The molecule has 1 aromatic heterocycles. The first kappa shape index (κ1) is 20.2. The van der Waals surface area contributed by atoms with E-state index in [9.17, 15) is 9.59 Å². The van der Waals surface area contributed by atoms with Crippen LogP contribution in [0.2, 0.25) is 0 Å². The van der Waals surface area contributed by atoms with Crippen LogP contribution in [0.15, 0.2) is 66.0 Å². The molecule has 3 aromatic rings. The molecule has 1 unspecified atom stereocenters. The molecule has 2 aromatic carbocycles. The molecule has 0 spiro atoms. The number of thiophene rings is 1. The molecule has 1 saturated heterocycles. The highest BCUT2D eigenvalue weighted by Gasteiger charge is 2.22. The maximum atomic E-state index is 13.0. The molecule has 3 amide bonds. The quantitative estimate of drug-likeness (QED) is 0.596. The number of hydrogen-bond donors (Lipinski definition) is 2. The normalized spacial score (nSPS) is 14.6. The molecule has 154 valence electrons. The number of urea groups is 1. The number of benzene rings is 2. The van der Waals surface area contributed by atoms with E-state index in [0.29, 0.717) is 24.6 Å². The van der Waals surface area contributed by atoms with E-state index in [1.54, 1.807) is 28.4 Å². The monoisotopic (exact) mass is 419 g/mol. The van der Waals surface area contributed by atoms with Crippen molar-refractivity contribution in [3.05, 3.63) is 87.6 Å². The van der Waals surface area contributed by atoms with Gasteiger partial charge in [-0.2, -0.15) is 0 Å². The van der Waals surface area contributed by atoms with E-state index < -0.39 is 0 Å². The summed E-state index contributed by atoms with van der Waals surface area (Å²) in [4.78, 5) is 27.6. The van der Waals surface area contributed by atoms with Crippen molar-refractivity contribution >= 4 is 29.0 Å². The summed E-state index contributed by atoms with van der Waals surface area (Å²) in [6.07, 6.45) is 0. The molecule has 0 saturated carbocycles. The van der Waals surface area contributed by atoms with Crippen molar-refractivity contribution in [1.82, 2.24) is 10.6 Å². The molecule has 5 nitrogen and oxygen atoms in total. The number of anilines is 1. The number of rotatable bonds is 6. The number of hydrogen-bond acceptors (Lipinski definition) is 3. The van der Waals surface area contributed by atoms with Gasteiger partial charge < -0.3 is 10.6 Å². The minimum Gasteiger partial charge on any atom is -0.340 e. The van der Waals surface area contributed by atoms with Gasteiger partial charge in [0, 0.05) is 29.2 Å². The van der Waals surface area contributed by atoms with Crippen molar-refractivity contribution < 1.29 is 9.59 Å². The number of carbonyl (C=O) groups is 2. The highest BCUT2D eigenvalue weighted by Crippen LogP contribution is 2.28.